The summed E-state index contributed by atoms with van der Waals surface area (Å²) in [7, 11) is 0. The van der Waals surface area contributed by atoms with Crippen LogP contribution >= 0.6 is 0 Å². The smallest absolute Gasteiger partial charge is 0.327 e. The number of primary amides is 1. The van der Waals surface area contributed by atoms with Crippen LogP contribution in [0.25, 0.3) is 67.0 Å². The number of nitrogens with one attached hydrogen (secondary N) is 18. The van der Waals surface area contributed by atoms with E-state index in [0.29, 0.717) is 6.42 Å². The van der Waals surface area contributed by atoms with E-state index in [4.69, 9.17) is 17.2 Å². The van der Waals surface area contributed by atoms with E-state index >= 15 is 19.2 Å². The van der Waals surface area contributed by atoms with E-state index in [-0.39, 0.29) is 64.2 Å². The molecule has 0 unspecified atom stereocenters. The maximum atomic E-state index is 15.6. The van der Waals surface area contributed by atoms with Crippen LogP contribution in [0.3, 0.4) is 0 Å². The molecule has 12 rings (SSSR count). The highest BCUT2D eigenvalue weighted by Crippen LogP contribution is 2.14. The fourth-order valence-corrected chi connectivity index (χ4v) is 11.4. The van der Waals surface area contributed by atoms with Crippen LogP contribution in [0, 0.1) is 0 Å². The summed E-state index contributed by atoms with van der Waals surface area (Å²) >= 11 is 0. The van der Waals surface area contributed by atoms with E-state index in [1.807, 2.05) is 29.9 Å². The minimum absolute atomic E-state index is 0.0760. The van der Waals surface area contributed by atoms with E-state index in [9.17, 15) is 71.9 Å². The van der Waals surface area contributed by atoms with Gasteiger partial charge in [-0.05, 0) is 25.8 Å². The fraction of sp³-hybridized carbons (Fsp3) is 0.315. The minimum Gasteiger partial charge on any atom is -0.368 e. The third-order valence-corrected chi connectivity index (χ3v) is 16.5. The number of amides is 7. The van der Waals surface area contributed by atoms with Gasteiger partial charge in [-0.3, -0.25) is 122 Å². The maximum absolute atomic E-state index is 15.6. The molecule has 0 radical (unpaired) electrons. The SMILES string of the molecule is NCCCC[C@H](NC(=O)[C@@H](Cn1cnc2c(=O)[nH]c(=O)[nH]c21)NC(=O)[C@H](Cn1cnc2c(=O)[nH]c(=O)[nH]c21)NC(=O)[C@@H](Cn1cnc2c(=O)[nH]c(=O)[nH]c21)NC(=O)[C@H](Cn1cnc2c(=O)[nH]c(=O)[nH]c21)NC(=O)[C@@H](Cn1cnc2c(=O)[nH]c(=O)[nH]c21)NC(=O)[C@@H](N)Cn1cnc2c(=O)[nH]c(=O)[nH]c21)C(N)=O. The Morgan fingerprint density at radius 3 is 0.736 bits per heavy atom. The van der Waals surface area contributed by atoms with Gasteiger partial charge in [0.05, 0.1) is 70.7 Å². The first-order valence-electron chi connectivity index (χ1n) is 31.2. The van der Waals surface area contributed by atoms with Crippen molar-refractivity contribution in [1.29, 1.82) is 0 Å². The second-order valence-electron chi connectivity index (χ2n) is 23.7. The van der Waals surface area contributed by atoms with Crippen LogP contribution in [-0.4, -0.2) is 207 Å². The van der Waals surface area contributed by atoms with Crippen molar-refractivity contribution in [2.45, 2.75) is 101 Å². The van der Waals surface area contributed by atoms with Crippen LogP contribution in [0.5, 0.6) is 0 Å². The van der Waals surface area contributed by atoms with Gasteiger partial charge in [-0.15, -0.1) is 0 Å². The average molecular weight is 1470 g/mol. The number of carbonyl (C=O) groups is 7. The minimum atomic E-state index is -2.20. The number of carbonyl (C=O) groups excluding carboxylic acids is 7. The number of aromatic nitrogens is 24. The Kier molecular flexibility index (Phi) is 19.4. The van der Waals surface area contributed by atoms with Gasteiger partial charge in [0, 0.05) is 6.54 Å². The number of nitrogens with zero attached hydrogens (tertiary/aromatic N) is 12. The van der Waals surface area contributed by atoms with Crippen LogP contribution in [0.4, 0.5) is 0 Å². The van der Waals surface area contributed by atoms with E-state index in [0.717, 1.165) is 65.4 Å². The highest BCUT2D eigenvalue weighted by Gasteiger charge is 2.37. The number of unbranched alkanes of at least 4 members (excludes halogenated alkanes) is 1. The topological polar surface area (TPSA) is 771 Å². The summed E-state index contributed by atoms with van der Waals surface area (Å²) in [6, 6.07) is -13.6. The molecule has 0 aromatic carbocycles. The molecule has 52 nitrogen and oxygen atoms in total. The summed E-state index contributed by atoms with van der Waals surface area (Å²) in [5.41, 5.74) is 1.18. The van der Waals surface area contributed by atoms with Gasteiger partial charge in [0.25, 0.3) is 33.4 Å². The molecule has 12 heterocycles. The molecule has 0 bridgehead atoms. The van der Waals surface area contributed by atoms with Gasteiger partial charge < -0.3 is 76.5 Å². The van der Waals surface area contributed by atoms with Crippen LogP contribution in [0.2, 0.25) is 0 Å². The van der Waals surface area contributed by atoms with E-state index in [1.54, 1.807) is 0 Å². The lowest BCUT2D eigenvalue weighted by molar-refractivity contribution is -0.136. The summed E-state index contributed by atoms with van der Waals surface area (Å²) in [5, 5.41) is 14.6. The Bertz CT molecular complexity index is 6320. The molecule has 0 saturated heterocycles. The molecule has 7 amide bonds. The first-order valence-corrected chi connectivity index (χ1v) is 31.2. The normalized spacial score (nSPS) is 13.7. The molecule has 0 aliphatic carbocycles. The molecular weight excluding hydrogens is 1410 g/mol. The van der Waals surface area contributed by atoms with Crippen molar-refractivity contribution in [3.63, 3.8) is 0 Å². The maximum Gasteiger partial charge on any atom is 0.327 e. The van der Waals surface area contributed by atoms with E-state index in [2.05, 4.69) is 91.7 Å². The van der Waals surface area contributed by atoms with Crippen LogP contribution in [0.1, 0.15) is 19.3 Å². The number of H-pyrrole nitrogens is 12. The largest absolute Gasteiger partial charge is 0.368 e. The molecule has 12 aromatic heterocycles. The number of nitrogens with two attached hydrogens (primary N) is 3. The molecule has 106 heavy (non-hydrogen) atoms. The van der Waals surface area contributed by atoms with Gasteiger partial charge in [0.15, 0.2) is 33.1 Å². The first kappa shape index (κ1) is 71.0. The quantitative estimate of drug-likeness (QED) is 0.0194. The van der Waals surface area contributed by atoms with Crippen molar-refractivity contribution in [2.75, 3.05) is 6.54 Å². The zero-order chi connectivity index (χ0) is 75.7. The van der Waals surface area contributed by atoms with Gasteiger partial charge in [-0.2, -0.15) is 0 Å². The van der Waals surface area contributed by atoms with Crippen molar-refractivity contribution in [3.05, 3.63) is 163 Å². The molecule has 0 aliphatic rings. The van der Waals surface area contributed by atoms with Gasteiger partial charge in [0.1, 0.15) is 76.2 Å². The third kappa shape index (κ3) is 14.8. The molecular formula is C54H57N33O19. The molecule has 24 N–H and O–H groups in total. The second kappa shape index (κ2) is 29.0. The molecule has 52 heteroatoms. The number of aromatic amines is 12. The Hall–Kier alpha value is -14.9. The van der Waals surface area contributed by atoms with Crippen molar-refractivity contribution >= 4 is 108 Å². The van der Waals surface area contributed by atoms with Crippen molar-refractivity contribution in [3.8, 4) is 0 Å². The van der Waals surface area contributed by atoms with Gasteiger partial charge in [-0.1, -0.05) is 0 Å². The lowest BCUT2D eigenvalue weighted by Crippen LogP contribution is -2.62. The molecule has 7 atom stereocenters. The Labute approximate surface area is 576 Å². The standard InChI is InChI=1S/C54H57N33O19/c55-4-2-1-3-18(30(57)88)64-38(90)20(7-84-13-60-26-33(84)72-51(103)78-45(26)97)66-40(92)22(9-86-15-62-28-35(86)74-53(105)80-47(28)99)68-42(94)23(10-87-16-63-29-36(87)75-54(106)81-48(29)100)69-41(93)21(8-85-14-61-27-34(85)73-52(104)79-46(27)98)67-39(91)19(6-83-12-59-25-32(83)71-50(102)77-44(25)96)65-37(89)17(56)5-82-11-58-24-31(82)70-49(101)76-43(24)95/h11-23H,1-10,55-56H2,(H2,57,88)(H,64,90)(H,65,89)(H,66,92)(H,67,91)(H,68,94)(H,69,93)(H2,70,76,95,101)(H2,71,77,96,102)(H2,72,78,97,103)(H2,73,79,98,104)(H2,74,80,99,105)(H2,75,81,100,106)/t17-,18-,19+,20+,21-,22-,23+/m0/s1. The predicted octanol–water partition coefficient (Wildman–Crippen LogP) is -13.6. The number of rotatable bonds is 29. The Balaban J connectivity index is 0.933. The Morgan fingerprint density at radius 1 is 0.311 bits per heavy atom. The summed E-state index contributed by atoms with van der Waals surface area (Å²) in [4.78, 5) is 307. The summed E-state index contributed by atoms with van der Waals surface area (Å²) in [5.74, 6) is -8.95. The molecule has 12 aromatic rings. The zero-order valence-electron chi connectivity index (χ0n) is 53.9. The monoisotopic (exact) mass is 1470 g/mol. The number of imidazole rings is 6. The van der Waals surface area contributed by atoms with Crippen molar-refractivity contribution in [1.82, 2.24) is 149 Å². The van der Waals surface area contributed by atoms with E-state index in [1.165, 1.54) is 0 Å². The van der Waals surface area contributed by atoms with Crippen LogP contribution in [-0.2, 0) is 72.8 Å². The van der Waals surface area contributed by atoms with Gasteiger partial charge >= 0.3 is 34.1 Å². The fourth-order valence-electron chi connectivity index (χ4n) is 11.4. The lowest BCUT2D eigenvalue weighted by Gasteiger charge is -2.28. The summed E-state index contributed by atoms with van der Waals surface area (Å²) in [6.45, 7) is -4.63. The molecule has 0 spiro atoms. The van der Waals surface area contributed by atoms with Crippen LogP contribution in [0.15, 0.2) is 95.5 Å². The lowest BCUT2D eigenvalue weighted by atomic mass is 10.1. The third-order valence-electron chi connectivity index (χ3n) is 16.5. The van der Waals surface area contributed by atoms with E-state index < -0.39 is 213 Å². The highest BCUT2D eigenvalue weighted by atomic mass is 16.2. The van der Waals surface area contributed by atoms with Gasteiger partial charge in [-0.25, -0.2) is 58.7 Å². The molecule has 0 aliphatic heterocycles. The molecule has 552 valence electrons. The molecule has 0 saturated carbocycles. The average Bonchev–Trinajstić information content (AvgIpc) is 1.64. The summed E-state index contributed by atoms with van der Waals surface area (Å²) < 4.78 is 6.14. The number of hydrogen-bond acceptors (Lipinski definition) is 27. The Morgan fingerprint density at radius 2 is 0.519 bits per heavy atom. The summed E-state index contributed by atoms with van der Waals surface area (Å²) in [6.07, 6.45) is 6.38. The number of fused-ring (bicyclic) bond motifs is 6. The van der Waals surface area contributed by atoms with Crippen LogP contribution < -0.4 is 117 Å². The zero-order valence-corrected chi connectivity index (χ0v) is 53.9. The molecule has 0 fully saturated rings. The van der Waals surface area contributed by atoms with Crippen molar-refractivity contribution in [2.24, 2.45) is 17.2 Å². The highest BCUT2D eigenvalue weighted by molar-refractivity contribution is 5.98. The van der Waals surface area contributed by atoms with Crippen molar-refractivity contribution < 1.29 is 33.6 Å². The first-order chi connectivity index (χ1) is 50.6. The predicted molar refractivity (Wildman–Crippen MR) is 358 cm³/mol. The second-order valence-corrected chi connectivity index (χ2v) is 23.7. The number of hydrogen-bond donors (Lipinski definition) is 21. The van der Waals surface area contributed by atoms with Gasteiger partial charge in [0.2, 0.25) is 41.4 Å².